The van der Waals surface area contributed by atoms with E-state index in [4.69, 9.17) is 0 Å². The van der Waals surface area contributed by atoms with E-state index in [1.165, 1.54) is 0 Å². The molecule has 5 heteroatoms. The maximum Gasteiger partial charge on any atom is 0.329 e. The van der Waals surface area contributed by atoms with Crippen LogP contribution >= 0.6 is 0 Å². The number of carbonyl (C=O) groups excluding carboxylic acids is 1. The molecule has 1 heterocycles. The number of likely N-dealkylation sites (tertiary alicyclic amines) is 1. The lowest BCUT2D eigenvalue weighted by Gasteiger charge is -2.31. The molecule has 2 amide bonds. The summed E-state index contributed by atoms with van der Waals surface area (Å²) in [7, 11) is 0. The van der Waals surface area contributed by atoms with Gasteiger partial charge in [0.1, 0.15) is 5.54 Å². The van der Waals surface area contributed by atoms with Crippen LogP contribution in [0.15, 0.2) is 0 Å². The predicted octanol–water partition coefficient (Wildman–Crippen LogP) is 2.22. The van der Waals surface area contributed by atoms with E-state index < -0.39 is 11.5 Å². The summed E-state index contributed by atoms with van der Waals surface area (Å²) in [5.41, 5.74) is -1.12. The molecule has 5 nitrogen and oxygen atoms in total. The molecule has 0 aromatic rings. The van der Waals surface area contributed by atoms with Crippen molar-refractivity contribution in [3.05, 3.63) is 0 Å². The molecule has 1 aliphatic heterocycles. The number of nitrogens with zero attached hydrogens (tertiary/aromatic N) is 1. The minimum absolute atomic E-state index is 0.233. The number of rotatable bonds is 4. The molecule has 0 unspecified atom stereocenters. The van der Waals surface area contributed by atoms with Crippen molar-refractivity contribution in [2.24, 2.45) is 0 Å². The Bertz CT molecular complexity index is 293. The number of carboxylic acids is 1. The second-order valence-corrected chi connectivity index (χ2v) is 4.93. The molecule has 1 rings (SSSR count). The van der Waals surface area contributed by atoms with Gasteiger partial charge in [-0.15, -0.1) is 0 Å². The minimum atomic E-state index is -1.12. The largest absolute Gasteiger partial charge is 0.480 e. The van der Waals surface area contributed by atoms with Gasteiger partial charge in [-0.1, -0.05) is 26.7 Å². The first kappa shape index (κ1) is 14.8. The fourth-order valence-electron chi connectivity index (χ4n) is 2.34. The Labute approximate surface area is 109 Å². The van der Waals surface area contributed by atoms with Gasteiger partial charge in [-0.3, -0.25) is 0 Å². The quantitative estimate of drug-likeness (QED) is 0.810. The van der Waals surface area contributed by atoms with Crippen LogP contribution in [0.1, 0.15) is 52.4 Å². The molecule has 1 saturated heterocycles. The van der Waals surface area contributed by atoms with E-state index in [0.717, 1.165) is 38.8 Å². The van der Waals surface area contributed by atoms with Crippen molar-refractivity contribution in [2.75, 3.05) is 13.1 Å². The fraction of sp³-hybridized carbons (Fsp3) is 0.846. The Morgan fingerprint density at radius 1 is 1.11 bits per heavy atom. The predicted molar refractivity (Wildman–Crippen MR) is 69.5 cm³/mol. The third-order valence-electron chi connectivity index (χ3n) is 3.86. The highest BCUT2D eigenvalue weighted by Crippen LogP contribution is 2.17. The molecule has 0 aromatic heterocycles. The Kier molecular flexibility index (Phi) is 5.44. The first-order valence-corrected chi connectivity index (χ1v) is 6.86. The average Bonchev–Trinajstić information content (AvgIpc) is 2.64. The van der Waals surface area contributed by atoms with E-state index in [-0.39, 0.29) is 6.03 Å². The van der Waals surface area contributed by atoms with E-state index >= 15 is 0 Å². The molecule has 0 saturated carbocycles. The molecule has 104 valence electrons. The van der Waals surface area contributed by atoms with Gasteiger partial charge in [0, 0.05) is 13.1 Å². The van der Waals surface area contributed by atoms with Crippen LogP contribution in [0.5, 0.6) is 0 Å². The molecule has 1 aliphatic rings. The van der Waals surface area contributed by atoms with Crippen LogP contribution in [-0.2, 0) is 4.79 Å². The lowest BCUT2D eigenvalue weighted by Crippen LogP contribution is -2.57. The third kappa shape index (κ3) is 3.37. The van der Waals surface area contributed by atoms with Crippen LogP contribution in [-0.4, -0.2) is 40.6 Å². The van der Waals surface area contributed by atoms with E-state index in [1.54, 1.807) is 18.7 Å². The first-order chi connectivity index (χ1) is 8.55. The van der Waals surface area contributed by atoms with Crippen molar-refractivity contribution < 1.29 is 14.7 Å². The monoisotopic (exact) mass is 256 g/mol. The summed E-state index contributed by atoms with van der Waals surface area (Å²) >= 11 is 0. The van der Waals surface area contributed by atoms with Gasteiger partial charge in [0.2, 0.25) is 0 Å². The Hall–Kier alpha value is -1.26. The highest BCUT2D eigenvalue weighted by atomic mass is 16.4. The molecular weight excluding hydrogens is 232 g/mol. The smallest absolute Gasteiger partial charge is 0.329 e. The molecule has 2 N–H and O–H groups in total. The molecule has 1 fully saturated rings. The van der Waals surface area contributed by atoms with Crippen molar-refractivity contribution in [1.29, 1.82) is 0 Å². The standard InChI is InChI=1S/C13H24N2O3/c1-3-13(4-2,11(16)17)14-12(18)15-9-7-5-6-8-10-15/h3-10H2,1-2H3,(H,14,18)(H,16,17). The summed E-state index contributed by atoms with van der Waals surface area (Å²) < 4.78 is 0. The van der Waals surface area contributed by atoms with Gasteiger partial charge >= 0.3 is 12.0 Å². The van der Waals surface area contributed by atoms with Gasteiger partial charge in [0.15, 0.2) is 0 Å². The SMILES string of the molecule is CCC(CC)(NC(=O)N1CCCCCC1)C(=O)O. The first-order valence-electron chi connectivity index (χ1n) is 6.86. The van der Waals surface area contributed by atoms with Gasteiger partial charge in [-0.2, -0.15) is 0 Å². The van der Waals surface area contributed by atoms with Crippen molar-refractivity contribution in [3.63, 3.8) is 0 Å². The van der Waals surface area contributed by atoms with Crippen LogP contribution in [0.4, 0.5) is 4.79 Å². The number of carbonyl (C=O) groups is 2. The minimum Gasteiger partial charge on any atom is -0.480 e. The van der Waals surface area contributed by atoms with Crippen LogP contribution in [0.25, 0.3) is 0 Å². The highest BCUT2D eigenvalue weighted by Gasteiger charge is 2.37. The normalized spacial score (nSPS) is 17.1. The summed E-state index contributed by atoms with van der Waals surface area (Å²) in [6.45, 7) is 5.05. The number of amides is 2. The van der Waals surface area contributed by atoms with Gasteiger partial charge in [-0.25, -0.2) is 9.59 Å². The number of nitrogens with one attached hydrogen (secondary N) is 1. The fourth-order valence-corrected chi connectivity index (χ4v) is 2.34. The number of urea groups is 1. The van der Waals surface area contributed by atoms with Crippen LogP contribution < -0.4 is 5.32 Å². The summed E-state index contributed by atoms with van der Waals surface area (Å²) in [6.07, 6.45) is 5.11. The summed E-state index contributed by atoms with van der Waals surface area (Å²) in [5, 5.41) is 12.0. The van der Waals surface area contributed by atoms with Crippen molar-refractivity contribution in [1.82, 2.24) is 10.2 Å². The number of carboxylic acid groups (broad SMARTS) is 1. The summed E-state index contributed by atoms with van der Waals surface area (Å²) in [5.74, 6) is -0.948. The number of hydrogen-bond acceptors (Lipinski definition) is 2. The van der Waals surface area contributed by atoms with Crippen molar-refractivity contribution in [3.8, 4) is 0 Å². The van der Waals surface area contributed by atoms with Crippen molar-refractivity contribution >= 4 is 12.0 Å². The highest BCUT2D eigenvalue weighted by molar-refractivity contribution is 5.86. The van der Waals surface area contributed by atoms with E-state index in [1.807, 2.05) is 0 Å². The molecule has 0 spiro atoms. The Morgan fingerprint density at radius 3 is 2.00 bits per heavy atom. The zero-order valence-corrected chi connectivity index (χ0v) is 11.4. The summed E-state index contributed by atoms with van der Waals surface area (Å²) in [4.78, 5) is 25.2. The Morgan fingerprint density at radius 2 is 1.61 bits per heavy atom. The van der Waals surface area contributed by atoms with Gasteiger partial charge < -0.3 is 15.3 Å². The molecule has 18 heavy (non-hydrogen) atoms. The molecule has 0 radical (unpaired) electrons. The van der Waals surface area contributed by atoms with Crippen LogP contribution in [0.3, 0.4) is 0 Å². The molecule has 0 aliphatic carbocycles. The van der Waals surface area contributed by atoms with Crippen molar-refractivity contribution in [2.45, 2.75) is 57.9 Å². The topological polar surface area (TPSA) is 69.6 Å². The molecule has 0 aromatic carbocycles. The van der Waals surface area contributed by atoms with E-state index in [2.05, 4.69) is 5.32 Å². The lowest BCUT2D eigenvalue weighted by molar-refractivity contribution is -0.144. The molecule has 0 bridgehead atoms. The lowest BCUT2D eigenvalue weighted by atomic mass is 9.93. The summed E-state index contributed by atoms with van der Waals surface area (Å²) in [6, 6.07) is -0.233. The second kappa shape index (κ2) is 6.61. The molecule has 0 atom stereocenters. The number of aliphatic carboxylic acids is 1. The third-order valence-corrected chi connectivity index (χ3v) is 3.86. The average molecular weight is 256 g/mol. The van der Waals surface area contributed by atoms with E-state index in [0.29, 0.717) is 12.8 Å². The zero-order valence-electron chi connectivity index (χ0n) is 11.4. The Balaban J connectivity index is 2.68. The van der Waals surface area contributed by atoms with E-state index in [9.17, 15) is 14.7 Å². The zero-order chi connectivity index (χ0) is 13.6. The second-order valence-electron chi connectivity index (χ2n) is 4.93. The number of hydrogen-bond donors (Lipinski definition) is 2. The maximum atomic E-state index is 12.1. The van der Waals surface area contributed by atoms with Gasteiger partial charge in [0.25, 0.3) is 0 Å². The molecular formula is C13H24N2O3. The van der Waals surface area contributed by atoms with Gasteiger partial charge in [0.05, 0.1) is 0 Å². The van der Waals surface area contributed by atoms with Crippen LogP contribution in [0, 0.1) is 0 Å². The maximum absolute atomic E-state index is 12.1. The van der Waals surface area contributed by atoms with Crippen LogP contribution in [0.2, 0.25) is 0 Å². The van der Waals surface area contributed by atoms with Gasteiger partial charge in [-0.05, 0) is 25.7 Å².